The second-order valence-electron chi connectivity index (χ2n) is 3.59. The first-order valence-electron chi connectivity index (χ1n) is 4.77. The van der Waals surface area contributed by atoms with Crippen molar-refractivity contribution in [2.75, 3.05) is 0 Å². The van der Waals surface area contributed by atoms with Crippen molar-refractivity contribution >= 4 is 27.5 Å². The summed E-state index contributed by atoms with van der Waals surface area (Å²) in [6.45, 7) is 0. The maximum absolute atomic E-state index is 6.16. The first kappa shape index (κ1) is 11.6. The Balaban J connectivity index is 2.40. The van der Waals surface area contributed by atoms with E-state index >= 15 is 0 Å². The maximum atomic E-state index is 6.16. The fourth-order valence-corrected chi connectivity index (χ4v) is 2.21. The summed E-state index contributed by atoms with van der Waals surface area (Å²) in [5, 5.41) is 4.78. The van der Waals surface area contributed by atoms with E-state index in [1.807, 2.05) is 31.4 Å². The Morgan fingerprint density at radius 1 is 1.50 bits per heavy atom. The molecule has 5 heteroatoms. The van der Waals surface area contributed by atoms with Crippen LogP contribution in [-0.4, -0.2) is 9.78 Å². The third kappa shape index (κ3) is 2.29. The Kier molecular flexibility index (Phi) is 3.33. The van der Waals surface area contributed by atoms with Gasteiger partial charge >= 0.3 is 0 Å². The maximum Gasteiger partial charge on any atom is 0.0594 e. The fourth-order valence-electron chi connectivity index (χ4n) is 1.53. The van der Waals surface area contributed by atoms with Crippen molar-refractivity contribution in [2.45, 2.75) is 6.04 Å². The van der Waals surface area contributed by atoms with Gasteiger partial charge in [0.15, 0.2) is 0 Å². The smallest absolute Gasteiger partial charge is 0.0594 e. The molecule has 2 aromatic rings. The zero-order valence-electron chi connectivity index (χ0n) is 8.69. The third-order valence-electron chi connectivity index (χ3n) is 2.38. The molecule has 1 aromatic carbocycles. The van der Waals surface area contributed by atoms with E-state index in [9.17, 15) is 0 Å². The zero-order chi connectivity index (χ0) is 11.7. The Hall–Kier alpha value is -0.840. The lowest BCUT2D eigenvalue weighted by Gasteiger charge is -2.12. The number of halogens is 2. The van der Waals surface area contributed by atoms with Gasteiger partial charge in [0, 0.05) is 28.3 Å². The summed E-state index contributed by atoms with van der Waals surface area (Å²) in [7, 11) is 1.86. The molecule has 0 bridgehead atoms. The van der Waals surface area contributed by atoms with Crippen LogP contribution in [0.15, 0.2) is 35.1 Å². The molecule has 0 amide bonds. The molecule has 0 aliphatic heterocycles. The summed E-state index contributed by atoms with van der Waals surface area (Å²) in [6.07, 6.45) is 3.66. The van der Waals surface area contributed by atoms with Crippen molar-refractivity contribution in [3.63, 3.8) is 0 Å². The number of aromatic nitrogens is 2. The largest absolute Gasteiger partial charge is 0.320 e. The molecule has 1 heterocycles. The van der Waals surface area contributed by atoms with Crippen molar-refractivity contribution in [1.82, 2.24) is 9.78 Å². The summed E-state index contributed by atoms with van der Waals surface area (Å²) in [4.78, 5) is 0. The fraction of sp³-hybridized carbons (Fsp3) is 0.182. The highest BCUT2D eigenvalue weighted by Crippen LogP contribution is 2.28. The molecule has 84 valence electrons. The van der Waals surface area contributed by atoms with Crippen molar-refractivity contribution in [3.8, 4) is 0 Å². The van der Waals surface area contributed by atoms with Crippen molar-refractivity contribution in [1.29, 1.82) is 0 Å². The van der Waals surface area contributed by atoms with E-state index in [4.69, 9.17) is 17.3 Å². The molecular formula is C11H11BrClN3. The first-order chi connectivity index (χ1) is 7.58. The second kappa shape index (κ2) is 4.57. The molecule has 1 atom stereocenters. The van der Waals surface area contributed by atoms with Crippen LogP contribution in [0.1, 0.15) is 17.2 Å². The topological polar surface area (TPSA) is 43.8 Å². The van der Waals surface area contributed by atoms with Gasteiger partial charge in [0.2, 0.25) is 0 Å². The van der Waals surface area contributed by atoms with Gasteiger partial charge < -0.3 is 5.73 Å². The number of rotatable bonds is 2. The standard InChI is InChI=1S/C11H11BrClN3/c1-16-6-7(5-15-16)11(14)9-4-8(13)2-3-10(9)12/h2-6,11H,14H2,1H3. The van der Waals surface area contributed by atoms with Crippen LogP contribution in [0.3, 0.4) is 0 Å². The lowest BCUT2D eigenvalue weighted by molar-refractivity contribution is 0.765. The Morgan fingerprint density at radius 2 is 2.25 bits per heavy atom. The summed E-state index contributed by atoms with van der Waals surface area (Å²) in [5.41, 5.74) is 8.08. The van der Waals surface area contributed by atoms with Gasteiger partial charge in [-0.25, -0.2) is 0 Å². The second-order valence-corrected chi connectivity index (χ2v) is 4.88. The van der Waals surface area contributed by atoms with Crippen LogP contribution in [0.2, 0.25) is 5.02 Å². The number of hydrogen-bond donors (Lipinski definition) is 1. The predicted octanol–water partition coefficient (Wildman–Crippen LogP) is 2.88. The molecule has 1 unspecified atom stereocenters. The van der Waals surface area contributed by atoms with Crippen LogP contribution < -0.4 is 5.73 Å². The van der Waals surface area contributed by atoms with Crippen molar-refractivity contribution < 1.29 is 0 Å². The van der Waals surface area contributed by atoms with Crippen LogP contribution in [0, 0.1) is 0 Å². The molecule has 2 rings (SSSR count). The molecular weight excluding hydrogens is 289 g/mol. The highest BCUT2D eigenvalue weighted by Gasteiger charge is 2.14. The van der Waals surface area contributed by atoms with Crippen LogP contribution in [0.25, 0.3) is 0 Å². The van der Waals surface area contributed by atoms with Crippen molar-refractivity contribution in [2.24, 2.45) is 12.8 Å². The average molecular weight is 301 g/mol. The Labute approximate surface area is 107 Å². The van der Waals surface area contributed by atoms with Gasteiger partial charge in [0.05, 0.1) is 12.2 Å². The minimum absolute atomic E-state index is 0.221. The summed E-state index contributed by atoms with van der Waals surface area (Å²) < 4.78 is 2.68. The number of aryl methyl sites for hydroxylation is 1. The van der Waals surface area contributed by atoms with E-state index in [1.54, 1.807) is 10.9 Å². The van der Waals surface area contributed by atoms with Crippen LogP contribution in [-0.2, 0) is 7.05 Å². The molecule has 0 saturated carbocycles. The summed E-state index contributed by atoms with van der Waals surface area (Å²) in [6, 6.07) is 5.37. The quantitative estimate of drug-likeness (QED) is 0.927. The van der Waals surface area contributed by atoms with Crippen molar-refractivity contribution in [3.05, 3.63) is 51.2 Å². The van der Waals surface area contributed by atoms with Gasteiger partial charge in [-0.2, -0.15) is 5.10 Å². The van der Waals surface area contributed by atoms with E-state index in [1.165, 1.54) is 0 Å². The molecule has 1 aromatic heterocycles. The van der Waals surface area contributed by atoms with E-state index in [0.29, 0.717) is 5.02 Å². The van der Waals surface area contributed by atoms with Gasteiger partial charge in [-0.15, -0.1) is 0 Å². The molecule has 0 aliphatic carbocycles. The minimum Gasteiger partial charge on any atom is -0.320 e. The molecule has 16 heavy (non-hydrogen) atoms. The van der Waals surface area contributed by atoms with Gasteiger partial charge in [-0.05, 0) is 23.8 Å². The average Bonchev–Trinajstić information content (AvgIpc) is 2.67. The zero-order valence-corrected chi connectivity index (χ0v) is 11.0. The van der Waals surface area contributed by atoms with E-state index in [2.05, 4.69) is 21.0 Å². The highest BCUT2D eigenvalue weighted by molar-refractivity contribution is 9.10. The molecule has 0 saturated heterocycles. The molecule has 0 fully saturated rings. The van der Waals surface area contributed by atoms with Gasteiger partial charge in [-0.3, -0.25) is 4.68 Å². The third-order valence-corrected chi connectivity index (χ3v) is 3.33. The van der Waals surface area contributed by atoms with Crippen LogP contribution in [0.5, 0.6) is 0 Å². The first-order valence-corrected chi connectivity index (χ1v) is 5.94. The SMILES string of the molecule is Cn1cc(C(N)c2cc(Cl)ccc2Br)cn1. The molecule has 3 nitrogen and oxygen atoms in total. The molecule has 0 aliphatic rings. The summed E-state index contributed by atoms with van der Waals surface area (Å²) >= 11 is 9.43. The van der Waals surface area contributed by atoms with Gasteiger partial charge in [-0.1, -0.05) is 27.5 Å². The van der Waals surface area contributed by atoms with Crippen LogP contribution >= 0.6 is 27.5 Å². The van der Waals surface area contributed by atoms with Gasteiger partial charge in [0.25, 0.3) is 0 Å². The normalized spacial score (nSPS) is 12.8. The molecule has 2 N–H and O–H groups in total. The lowest BCUT2D eigenvalue weighted by atomic mass is 10.0. The molecule has 0 radical (unpaired) electrons. The Bertz CT molecular complexity index is 510. The molecule has 0 spiro atoms. The number of benzene rings is 1. The van der Waals surface area contributed by atoms with E-state index < -0.39 is 0 Å². The number of hydrogen-bond acceptors (Lipinski definition) is 2. The van der Waals surface area contributed by atoms with Gasteiger partial charge in [0.1, 0.15) is 0 Å². The number of nitrogens with two attached hydrogens (primary N) is 1. The minimum atomic E-state index is -0.221. The monoisotopic (exact) mass is 299 g/mol. The van der Waals surface area contributed by atoms with E-state index in [-0.39, 0.29) is 6.04 Å². The predicted molar refractivity (Wildman–Crippen MR) is 68.4 cm³/mol. The Morgan fingerprint density at radius 3 is 2.88 bits per heavy atom. The van der Waals surface area contributed by atoms with Crippen LogP contribution in [0.4, 0.5) is 0 Å². The lowest BCUT2D eigenvalue weighted by Crippen LogP contribution is -2.11. The highest BCUT2D eigenvalue weighted by atomic mass is 79.9. The van der Waals surface area contributed by atoms with E-state index in [0.717, 1.165) is 15.6 Å². The summed E-state index contributed by atoms with van der Waals surface area (Å²) in [5.74, 6) is 0. The number of nitrogens with zero attached hydrogens (tertiary/aromatic N) is 2.